The molecule has 0 amide bonds. The zero-order valence-corrected chi connectivity index (χ0v) is 22.0. The fourth-order valence-corrected chi connectivity index (χ4v) is 9.92. The van der Waals surface area contributed by atoms with Crippen molar-refractivity contribution in [2.45, 2.75) is 112 Å². The van der Waals surface area contributed by atoms with Gasteiger partial charge >= 0.3 is 0 Å². The normalized spacial score (nSPS) is 54.3. The van der Waals surface area contributed by atoms with E-state index in [0.29, 0.717) is 22.7 Å². The van der Waals surface area contributed by atoms with Gasteiger partial charge in [0.25, 0.3) is 0 Å². The average Bonchev–Trinajstić information content (AvgIpc) is 2.73. The Morgan fingerprint density at radius 1 is 0.906 bits per heavy atom. The molecule has 6 unspecified atom stereocenters. The molecule has 180 valence electrons. The van der Waals surface area contributed by atoms with Crippen LogP contribution in [0.3, 0.4) is 0 Å². The second-order valence-corrected chi connectivity index (χ2v) is 14.7. The van der Waals surface area contributed by atoms with Crippen molar-refractivity contribution >= 4 is 0 Å². The molecule has 0 aromatic carbocycles. The Hall–Kier alpha value is -0.600. The van der Waals surface area contributed by atoms with Crippen molar-refractivity contribution in [2.24, 2.45) is 50.1 Å². The van der Waals surface area contributed by atoms with Gasteiger partial charge in [-0.2, -0.15) is 0 Å². The molecule has 0 saturated heterocycles. The van der Waals surface area contributed by atoms with E-state index in [0.717, 1.165) is 19.4 Å². The highest BCUT2D eigenvalue weighted by Gasteiger charge is 2.66. The molecule has 5 rings (SSSR count). The molecule has 5 aliphatic rings. The lowest BCUT2D eigenvalue weighted by molar-refractivity contribution is -0.182. The second-order valence-electron chi connectivity index (χ2n) is 14.7. The number of aliphatic hydroxyl groups is 1. The Bertz CT molecular complexity index is 870. The minimum Gasteiger partial charge on any atom is -0.393 e. The summed E-state index contributed by atoms with van der Waals surface area (Å²) in [4.78, 5) is 0. The van der Waals surface area contributed by atoms with Crippen molar-refractivity contribution in [3.05, 3.63) is 23.3 Å². The number of allylic oxidation sites excluding steroid dienone is 4. The molecule has 5 aliphatic carbocycles. The van der Waals surface area contributed by atoms with Crippen LogP contribution in [-0.4, -0.2) is 17.8 Å². The molecule has 0 bridgehead atoms. The third kappa shape index (κ3) is 2.72. The van der Waals surface area contributed by atoms with Crippen LogP contribution in [0.1, 0.15) is 106 Å². The molecular weight excluding hydrogens is 390 g/mol. The quantitative estimate of drug-likeness (QED) is 0.461. The van der Waals surface area contributed by atoms with E-state index in [1.54, 1.807) is 11.1 Å². The Labute approximate surface area is 197 Å². The molecular formula is C30H49NO. The van der Waals surface area contributed by atoms with Crippen LogP contribution >= 0.6 is 0 Å². The highest BCUT2D eigenvalue weighted by Crippen LogP contribution is 2.74. The van der Waals surface area contributed by atoms with Crippen LogP contribution in [0, 0.1) is 44.3 Å². The number of hydrogen-bond acceptors (Lipinski definition) is 2. The largest absolute Gasteiger partial charge is 0.393 e. The molecule has 32 heavy (non-hydrogen) atoms. The molecule has 0 aromatic heterocycles. The maximum absolute atomic E-state index is 10.9. The van der Waals surface area contributed by atoms with E-state index in [4.69, 9.17) is 5.73 Å². The molecule has 0 aliphatic heterocycles. The first-order valence-corrected chi connectivity index (χ1v) is 13.6. The monoisotopic (exact) mass is 439 g/mol. The minimum atomic E-state index is -0.155. The molecule has 2 heteroatoms. The summed E-state index contributed by atoms with van der Waals surface area (Å²) in [5.74, 6) is 1.20. The first-order chi connectivity index (χ1) is 14.8. The van der Waals surface area contributed by atoms with Gasteiger partial charge in [-0.25, -0.2) is 0 Å². The van der Waals surface area contributed by atoms with Gasteiger partial charge in [-0.15, -0.1) is 0 Å². The fourth-order valence-electron chi connectivity index (χ4n) is 9.92. The fraction of sp³-hybridized carbons (Fsp3) is 0.867. The van der Waals surface area contributed by atoms with Crippen molar-refractivity contribution in [3.63, 3.8) is 0 Å². The van der Waals surface area contributed by atoms with Gasteiger partial charge in [0, 0.05) is 0 Å². The van der Waals surface area contributed by atoms with Gasteiger partial charge in [-0.3, -0.25) is 0 Å². The summed E-state index contributed by atoms with van der Waals surface area (Å²) in [5.41, 5.74) is 11.2. The lowest BCUT2D eigenvalue weighted by atomic mass is 9.35. The predicted octanol–water partition coefficient (Wildman–Crippen LogP) is 7.03. The Balaban J connectivity index is 1.64. The van der Waals surface area contributed by atoms with Crippen molar-refractivity contribution in [1.29, 1.82) is 0 Å². The van der Waals surface area contributed by atoms with E-state index in [9.17, 15) is 5.11 Å². The maximum Gasteiger partial charge on any atom is 0.0594 e. The minimum absolute atomic E-state index is 0.0132. The standard InChI is InChI=1S/C30H49NO/c1-25(2)22-10-13-30(7)23(28(22,5)12-11-24(25)32)9-8-20-21-18-26(3,19-31)14-15-27(21,4)16-17-29(20,30)6/h8-9,22-24,32H,10-19,31H2,1-7H3/t22?,23?,24?,26-,27?,28?,29+,30?/m0/s1. The van der Waals surface area contributed by atoms with Gasteiger partial charge in [0.15, 0.2) is 0 Å². The number of aliphatic hydroxyl groups excluding tert-OH is 1. The van der Waals surface area contributed by atoms with Crippen LogP contribution in [0.5, 0.6) is 0 Å². The van der Waals surface area contributed by atoms with Crippen molar-refractivity contribution < 1.29 is 5.11 Å². The first-order valence-electron chi connectivity index (χ1n) is 13.6. The molecule has 8 atom stereocenters. The van der Waals surface area contributed by atoms with E-state index in [1.807, 2.05) is 0 Å². The third-order valence-corrected chi connectivity index (χ3v) is 12.8. The maximum atomic E-state index is 10.9. The molecule has 0 aromatic rings. The van der Waals surface area contributed by atoms with Crippen molar-refractivity contribution in [1.82, 2.24) is 0 Å². The van der Waals surface area contributed by atoms with Crippen molar-refractivity contribution in [3.8, 4) is 0 Å². The average molecular weight is 440 g/mol. The third-order valence-electron chi connectivity index (χ3n) is 12.8. The summed E-state index contributed by atoms with van der Waals surface area (Å²) in [6.45, 7) is 18.3. The van der Waals surface area contributed by atoms with Crippen LogP contribution in [0.2, 0.25) is 0 Å². The van der Waals surface area contributed by atoms with Gasteiger partial charge < -0.3 is 10.8 Å². The molecule has 0 spiro atoms. The van der Waals surface area contributed by atoms with Gasteiger partial charge in [0.05, 0.1) is 6.10 Å². The van der Waals surface area contributed by atoms with Gasteiger partial charge in [0.2, 0.25) is 0 Å². The van der Waals surface area contributed by atoms with Crippen LogP contribution in [0.15, 0.2) is 23.3 Å². The molecule has 3 fully saturated rings. The van der Waals surface area contributed by atoms with E-state index in [2.05, 4.69) is 60.6 Å². The summed E-state index contributed by atoms with van der Waals surface area (Å²) in [6.07, 6.45) is 16.2. The highest BCUT2D eigenvalue weighted by atomic mass is 16.3. The molecule has 3 saturated carbocycles. The van der Waals surface area contributed by atoms with Gasteiger partial charge in [-0.05, 0) is 114 Å². The van der Waals surface area contributed by atoms with Crippen LogP contribution in [0.4, 0.5) is 0 Å². The zero-order valence-electron chi connectivity index (χ0n) is 22.0. The second kappa shape index (κ2) is 6.75. The predicted molar refractivity (Wildman–Crippen MR) is 134 cm³/mol. The zero-order chi connectivity index (χ0) is 23.4. The van der Waals surface area contributed by atoms with Gasteiger partial charge in [-0.1, -0.05) is 66.2 Å². The molecule has 2 nitrogen and oxygen atoms in total. The van der Waals surface area contributed by atoms with E-state index in [1.165, 1.54) is 44.9 Å². The highest BCUT2D eigenvalue weighted by molar-refractivity contribution is 5.45. The molecule has 0 heterocycles. The first kappa shape index (κ1) is 23.2. The smallest absolute Gasteiger partial charge is 0.0594 e. The Morgan fingerprint density at radius 2 is 1.59 bits per heavy atom. The summed E-state index contributed by atoms with van der Waals surface area (Å²) < 4.78 is 0. The summed E-state index contributed by atoms with van der Waals surface area (Å²) in [5, 5.41) is 10.9. The Morgan fingerprint density at radius 3 is 2.28 bits per heavy atom. The lowest BCUT2D eigenvalue weighted by Gasteiger charge is -2.69. The Kier molecular flexibility index (Phi) is 4.88. The topological polar surface area (TPSA) is 46.2 Å². The summed E-state index contributed by atoms with van der Waals surface area (Å²) in [6, 6.07) is 0. The number of nitrogens with two attached hydrogens (primary N) is 1. The summed E-state index contributed by atoms with van der Waals surface area (Å²) in [7, 11) is 0. The number of hydrogen-bond donors (Lipinski definition) is 2. The van der Waals surface area contributed by atoms with Crippen molar-refractivity contribution in [2.75, 3.05) is 6.54 Å². The lowest BCUT2D eigenvalue weighted by Crippen LogP contribution is -2.63. The van der Waals surface area contributed by atoms with Crippen LogP contribution in [-0.2, 0) is 0 Å². The molecule has 3 N–H and O–H groups in total. The SMILES string of the molecule is CC12CC[C@](C)(CN)CC1=C1C=CC3C4(C)CCC(O)C(C)(C)C4CCC3(C)[C@]1(C)CC2. The molecule has 0 radical (unpaired) electrons. The van der Waals surface area contributed by atoms with Gasteiger partial charge in [0.1, 0.15) is 0 Å². The van der Waals surface area contributed by atoms with E-state index >= 15 is 0 Å². The van der Waals surface area contributed by atoms with E-state index < -0.39 is 0 Å². The number of rotatable bonds is 1. The van der Waals surface area contributed by atoms with Crippen LogP contribution in [0.25, 0.3) is 0 Å². The van der Waals surface area contributed by atoms with E-state index in [-0.39, 0.29) is 27.8 Å². The number of fused-ring (bicyclic) bond motifs is 6. The summed E-state index contributed by atoms with van der Waals surface area (Å²) >= 11 is 0. The van der Waals surface area contributed by atoms with Crippen LogP contribution < -0.4 is 5.73 Å².